The van der Waals surface area contributed by atoms with Crippen molar-refractivity contribution < 1.29 is 69.3 Å². The third kappa shape index (κ3) is 5.25. The largest absolute Gasteiger partial charge is 0.504 e. The summed E-state index contributed by atoms with van der Waals surface area (Å²) < 4.78 is 27.1. The predicted molar refractivity (Wildman–Crippen MR) is 134 cm³/mol. The lowest BCUT2D eigenvalue weighted by Crippen LogP contribution is -2.58. The normalized spacial score (nSPS) is 32.1. The summed E-state index contributed by atoms with van der Waals surface area (Å²) in [5.41, 5.74) is -0.863. The number of aliphatic hydroxyl groups is 6. The van der Waals surface area contributed by atoms with Crippen molar-refractivity contribution in [1.29, 1.82) is 0 Å². The molecule has 15 nitrogen and oxygen atoms in total. The second kappa shape index (κ2) is 11.0. The van der Waals surface area contributed by atoms with Gasteiger partial charge in [-0.25, -0.2) is 0 Å². The Morgan fingerprint density at radius 3 is 2.17 bits per heavy atom. The molecule has 2 aliphatic heterocycles. The summed E-state index contributed by atoms with van der Waals surface area (Å²) in [5, 5.41) is 90.6. The number of hydrogen-bond donors (Lipinski definition) is 9. The molecule has 9 N–H and O–H groups in total. The summed E-state index contributed by atoms with van der Waals surface area (Å²) in [6.45, 7) is 1.08. The third-order valence-corrected chi connectivity index (χ3v) is 6.92. The lowest BCUT2D eigenvalue weighted by molar-refractivity contribution is -0.268. The minimum absolute atomic E-state index is 0.0889. The van der Waals surface area contributed by atoms with Crippen molar-refractivity contribution in [3.8, 4) is 40.1 Å². The van der Waals surface area contributed by atoms with E-state index in [-0.39, 0.29) is 29.3 Å². The molecule has 0 amide bonds. The van der Waals surface area contributed by atoms with E-state index in [1.165, 1.54) is 25.1 Å². The number of aliphatic hydroxyl groups excluding tert-OH is 6. The molecule has 3 aromatic rings. The number of phenolic OH excluding ortho intramolecular Hbond substituents is 3. The molecule has 0 bridgehead atoms. The summed E-state index contributed by atoms with van der Waals surface area (Å²) in [4.78, 5) is 12.8. The van der Waals surface area contributed by atoms with E-state index in [1.54, 1.807) is 0 Å². The highest BCUT2D eigenvalue weighted by Gasteiger charge is 2.43. The Bertz CT molecular complexity index is 1490. The molecule has 41 heavy (non-hydrogen) atoms. The summed E-state index contributed by atoms with van der Waals surface area (Å²) in [5.74, 6) is -2.93. The molecule has 222 valence electrons. The van der Waals surface area contributed by atoms with Crippen molar-refractivity contribution in [2.24, 2.45) is 0 Å². The third-order valence-electron chi connectivity index (χ3n) is 6.92. The van der Waals surface area contributed by atoms with Crippen LogP contribution in [0.1, 0.15) is 6.92 Å². The minimum atomic E-state index is -1.71. The van der Waals surface area contributed by atoms with E-state index in [0.29, 0.717) is 0 Å². The molecule has 3 unspecified atom stereocenters. The molecule has 2 aliphatic rings. The van der Waals surface area contributed by atoms with Gasteiger partial charge in [-0.05, 0) is 25.1 Å². The maximum atomic E-state index is 12.8. The highest BCUT2D eigenvalue weighted by atomic mass is 16.7. The average molecular weight is 580 g/mol. The monoisotopic (exact) mass is 580 g/mol. The molecule has 2 saturated heterocycles. The van der Waals surface area contributed by atoms with Gasteiger partial charge < -0.3 is 69.3 Å². The van der Waals surface area contributed by atoms with Crippen molar-refractivity contribution in [2.75, 3.05) is 6.61 Å². The van der Waals surface area contributed by atoms with E-state index in [1.807, 2.05) is 0 Å². The number of phenols is 3. The van der Waals surface area contributed by atoms with Gasteiger partial charge in [0.25, 0.3) is 0 Å². The zero-order chi connectivity index (χ0) is 29.7. The van der Waals surface area contributed by atoms with Gasteiger partial charge in [-0.15, -0.1) is 0 Å². The number of hydrogen-bond acceptors (Lipinski definition) is 15. The van der Waals surface area contributed by atoms with E-state index in [4.69, 9.17) is 23.4 Å². The number of fused-ring (bicyclic) bond motifs is 1. The average Bonchev–Trinajstić information content (AvgIpc) is 2.94. The molecule has 5 rings (SSSR count). The standard InChI is InChI=1S/C26H28O15/c1-8-18(30)22(34)24(36)26(38-8)40-13-3-2-9(4-10(13)27)14-5-11(28)17-15(39-14)6-16(20(32)21(17)33)41-25-23(35)19(31)12(29)7-37-25/h2-6,8,12,18-19,22-27,29-36H,7H2,1H3/t8?,12-,18-,19-,22?,23?,24-,25-,26-/m0/s1. The van der Waals surface area contributed by atoms with Crippen LogP contribution in [0.25, 0.3) is 22.3 Å². The molecule has 3 heterocycles. The number of rotatable bonds is 5. The molecule has 15 heteroatoms. The van der Waals surface area contributed by atoms with E-state index in [0.717, 1.165) is 12.1 Å². The van der Waals surface area contributed by atoms with Crippen LogP contribution in [0.15, 0.2) is 39.5 Å². The van der Waals surface area contributed by atoms with Crippen LogP contribution in [0.5, 0.6) is 28.7 Å². The van der Waals surface area contributed by atoms with Crippen molar-refractivity contribution >= 4 is 11.0 Å². The zero-order valence-corrected chi connectivity index (χ0v) is 21.3. The van der Waals surface area contributed by atoms with Crippen LogP contribution >= 0.6 is 0 Å². The molecule has 0 saturated carbocycles. The number of aromatic hydroxyl groups is 3. The van der Waals surface area contributed by atoms with Gasteiger partial charge in [-0.2, -0.15) is 0 Å². The number of benzene rings is 2. The maximum Gasteiger partial charge on any atom is 0.229 e. The van der Waals surface area contributed by atoms with Gasteiger partial charge in [0.1, 0.15) is 53.4 Å². The highest BCUT2D eigenvalue weighted by molar-refractivity contribution is 5.89. The molecule has 0 radical (unpaired) electrons. The molecule has 9 atom stereocenters. The van der Waals surface area contributed by atoms with Gasteiger partial charge in [0.15, 0.2) is 28.4 Å². The SMILES string of the molecule is CC1O[C@@H](Oc2ccc(-c3cc(=O)c4c(O)c(O)c(O[C@@H]5OC[C@H](O)[C@H](O)C5O)cc4o3)cc2O)[C@@H](O)C(O)[C@H]1O. The molecule has 0 aliphatic carbocycles. The lowest BCUT2D eigenvalue weighted by atomic mass is 10.00. The Morgan fingerprint density at radius 2 is 1.46 bits per heavy atom. The minimum Gasteiger partial charge on any atom is -0.504 e. The zero-order valence-electron chi connectivity index (χ0n) is 21.3. The summed E-state index contributed by atoms with van der Waals surface area (Å²) >= 11 is 0. The summed E-state index contributed by atoms with van der Waals surface area (Å²) in [6.07, 6.45) is -13.0. The van der Waals surface area contributed by atoms with Crippen LogP contribution in [0.3, 0.4) is 0 Å². The Labute approximate surface area is 230 Å². The molecule has 0 spiro atoms. The fourth-order valence-electron chi connectivity index (χ4n) is 4.52. The van der Waals surface area contributed by atoms with Crippen LogP contribution in [0.2, 0.25) is 0 Å². The summed E-state index contributed by atoms with van der Waals surface area (Å²) in [7, 11) is 0. The smallest absolute Gasteiger partial charge is 0.229 e. The van der Waals surface area contributed by atoms with Gasteiger partial charge in [-0.3, -0.25) is 4.79 Å². The van der Waals surface area contributed by atoms with Crippen molar-refractivity contribution in [1.82, 2.24) is 0 Å². The first-order valence-corrected chi connectivity index (χ1v) is 12.4. The molecule has 2 fully saturated rings. The fourth-order valence-corrected chi connectivity index (χ4v) is 4.52. The Morgan fingerprint density at radius 1 is 0.780 bits per heavy atom. The van der Waals surface area contributed by atoms with Crippen molar-refractivity contribution in [3.63, 3.8) is 0 Å². The Kier molecular flexibility index (Phi) is 7.71. The van der Waals surface area contributed by atoms with Crippen LogP contribution < -0.4 is 14.9 Å². The van der Waals surface area contributed by atoms with E-state index < -0.39 is 89.1 Å². The van der Waals surface area contributed by atoms with Crippen LogP contribution in [-0.4, -0.2) is 108 Å². The Hall–Kier alpha value is -3.67. The molecular weight excluding hydrogens is 552 g/mol. The van der Waals surface area contributed by atoms with Gasteiger partial charge in [0.05, 0.1) is 12.7 Å². The topological polar surface area (TPSA) is 249 Å². The van der Waals surface area contributed by atoms with E-state index in [9.17, 15) is 50.8 Å². The van der Waals surface area contributed by atoms with Crippen molar-refractivity contribution in [3.05, 3.63) is 40.6 Å². The van der Waals surface area contributed by atoms with Crippen LogP contribution in [0, 0.1) is 0 Å². The second-order valence-corrected chi connectivity index (χ2v) is 9.77. The molecule has 1 aromatic heterocycles. The summed E-state index contributed by atoms with van der Waals surface area (Å²) in [6, 6.07) is 5.87. The predicted octanol–water partition coefficient (Wildman–Crippen LogP) is -1.40. The van der Waals surface area contributed by atoms with E-state index in [2.05, 4.69) is 0 Å². The van der Waals surface area contributed by atoms with Gasteiger partial charge >= 0.3 is 0 Å². The van der Waals surface area contributed by atoms with Gasteiger partial charge in [-0.1, -0.05) is 0 Å². The molecular formula is C26H28O15. The van der Waals surface area contributed by atoms with Crippen LogP contribution in [-0.2, 0) is 9.47 Å². The van der Waals surface area contributed by atoms with Crippen molar-refractivity contribution in [2.45, 2.75) is 62.2 Å². The first-order valence-electron chi connectivity index (χ1n) is 12.4. The van der Waals surface area contributed by atoms with Gasteiger partial charge in [0, 0.05) is 17.7 Å². The van der Waals surface area contributed by atoms with Gasteiger partial charge in [0.2, 0.25) is 18.3 Å². The first-order chi connectivity index (χ1) is 19.4. The van der Waals surface area contributed by atoms with Crippen LogP contribution in [0.4, 0.5) is 0 Å². The quantitative estimate of drug-likeness (QED) is 0.157. The van der Waals surface area contributed by atoms with E-state index >= 15 is 0 Å². The second-order valence-electron chi connectivity index (χ2n) is 9.77. The molecule has 2 aromatic carbocycles. The first kappa shape index (κ1) is 28.8. The number of ether oxygens (including phenoxy) is 4. The Balaban J connectivity index is 1.44. The lowest BCUT2D eigenvalue weighted by Gasteiger charge is -2.38. The maximum absolute atomic E-state index is 12.8. The highest BCUT2D eigenvalue weighted by Crippen LogP contribution is 2.43. The fraction of sp³-hybridized carbons (Fsp3) is 0.423.